The van der Waals surface area contributed by atoms with Crippen molar-refractivity contribution in [2.75, 3.05) is 26.3 Å². The van der Waals surface area contributed by atoms with E-state index in [1.807, 2.05) is 0 Å². The summed E-state index contributed by atoms with van der Waals surface area (Å²) in [5.74, 6) is -2.85. The average molecular weight is 519 g/mol. The SMILES string of the molecule is CC(=O)OCC1OC(OCCCNC(=O)CCCCCN)C(OC(C)=O)C(OC(C)=O)C1OC(C)=O. The highest BCUT2D eigenvalue weighted by molar-refractivity contribution is 5.75. The summed E-state index contributed by atoms with van der Waals surface area (Å²) in [7, 11) is 0. The van der Waals surface area contributed by atoms with Gasteiger partial charge in [-0.3, -0.25) is 24.0 Å². The maximum absolute atomic E-state index is 11.9. The molecule has 0 aromatic rings. The molecular weight excluding hydrogens is 480 g/mol. The van der Waals surface area contributed by atoms with E-state index in [0.717, 1.165) is 40.0 Å². The van der Waals surface area contributed by atoms with Crippen molar-refractivity contribution in [3.05, 3.63) is 0 Å². The molecule has 1 saturated heterocycles. The van der Waals surface area contributed by atoms with Gasteiger partial charge < -0.3 is 39.5 Å². The summed E-state index contributed by atoms with van der Waals surface area (Å²) in [6.07, 6.45) is -2.80. The average Bonchev–Trinajstić information content (AvgIpc) is 2.77. The van der Waals surface area contributed by atoms with E-state index < -0.39 is 54.6 Å². The zero-order valence-corrected chi connectivity index (χ0v) is 21.3. The Morgan fingerprint density at radius 1 is 0.778 bits per heavy atom. The molecule has 0 bridgehead atoms. The molecule has 1 fully saturated rings. The number of carbonyl (C=O) groups excluding carboxylic acids is 5. The van der Waals surface area contributed by atoms with Crippen molar-refractivity contribution in [3.8, 4) is 0 Å². The smallest absolute Gasteiger partial charge is 0.303 e. The van der Waals surface area contributed by atoms with Crippen molar-refractivity contribution >= 4 is 29.8 Å². The molecule has 1 amide bonds. The van der Waals surface area contributed by atoms with Gasteiger partial charge in [-0.2, -0.15) is 0 Å². The molecule has 0 saturated carbocycles. The van der Waals surface area contributed by atoms with E-state index in [1.165, 1.54) is 6.92 Å². The van der Waals surface area contributed by atoms with Crippen LogP contribution in [0.4, 0.5) is 0 Å². The molecule has 3 N–H and O–H groups in total. The van der Waals surface area contributed by atoms with E-state index in [4.69, 9.17) is 34.2 Å². The Hall–Kier alpha value is -2.77. The van der Waals surface area contributed by atoms with Crippen LogP contribution in [0, 0.1) is 0 Å². The Bertz CT molecular complexity index is 746. The number of ether oxygens (including phenoxy) is 6. The van der Waals surface area contributed by atoms with Crippen LogP contribution in [0.2, 0.25) is 0 Å². The second-order valence-electron chi connectivity index (χ2n) is 8.24. The Labute approximate surface area is 210 Å². The molecule has 1 aliphatic heterocycles. The minimum absolute atomic E-state index is 0.0840. The van der Waals surface area contributed by atoms with Crippen LogP contribution in [0.15, 0.2) is 0 Å². The number of rotatable bonds is 15. The third-order valence-electron chi connectivity index (χ3n) is 4.98. The van der Waals surface area contributed by atoms with Gasteiger partial charge in [0, 0.05) is 40.7 Å². The van der Waals surface area contributed by atoms with Crippen molar-refractivity contribution in [1.29, 1.82) is 0 Å². The molecule has 5 atom stereocenters. The highest BCUT2D eigenvalue weighted by atomic mass is 16.7. The molecule has 0 spiro atoms. The van der Waals surface area contributed by atoms with Gasteiger partial charge >= 0.3 is 23.9 Å². The van der Waals surface area contributed by atoms with Gasteiger partial charge in [-0.25, -0.2) is 0 Å². The van der Waals surface area contributed by atoms with Gasteiger partial charge in [0.1, 0.15) is 12.7 Å². The van der Waals surface area contributed by atoms with E-state index >= 15 is 0 Å². The fourth-order valence-corrected chi connectivity index (χ4v) is 3.52. The first-order valence-electron chi connectivity index (χ1n) is 11.9. The molecule has 1 aliphatic rings. The van der Waals surface area contributed by atoms with E-state index in [1.54, 1.807) is 0 Å². The summed E-state index contributed by atoms with van der Waals surface area (Å²) in [6.45, 7) is 5.30. The molecule has 5 unspecified atom stereocenters. The van der Waals surface area contributed by atoms with Crippen molar-refractivity contribution in [2.45, 2.75) is 90.5 Å². The number of nitrogens with two attached hydrogens (primary N) is 1. The summed E-state index contributed by atoms with van der Waals surface area (Å²) in [6, 6.07) is 0. The van der Waals surface area contributed by atoms with Crippen molar-refractivity contribution in [1.82, 2.24) is 5.32 Å². The topological polar surface area (TPSA) is 179 Å². The number of amides is 1. The van der Waals surface area contributed by atoms with Crippen LogP contribution in [0.1, 0.15) is 59.8 Å². The predicted octanol–water partition coefficient (Wildman–Crippen LogP) is 0.112. The van der Waals surface area contributed by atoms with Crippen LogP contribution in [-0.4, -0.2) is 86.8 Å². The lowest BCUT2D eigenvalue weighted by Crippen LogP contribution is -2.63. The monoisotopic (exact) mass is 518 g/mol. The number of carbonyl (C=O) groups is 5. The number of hydrogen-bond acceptors (Lipinski definition) is 12. The Balaban J connectivity index is 2.87. The lowest BCUT2D eigenvalue weighted by Gasteiger charge is -2.44. The van der Waals surface area contributed by atoms with Crippen LogP contribution in [0.3, 0.4) is 0 Å². The van der Waals surface area contributed by atoms with Gasteiger partial charge in [-0.1, -0.05) is 6.42 Å². The normalized spacial score (nSPS) is 23.3. The molecular formula is C23H38N2O11. The van der Waals surface area contributed by atoms with Crippen LogP contribution in [0.25, 0.3) is 0 Å². The second kappa shape index (κ2) is 16.8. The predicted molar refractivity (Wildman–Crippen MR) is 123 cm³/mol. The van der Waals surface area contributed by atoms with Crippen LogP contribution in [-0.2, 0) is 52.4 Å². The van der Waals surface area contributed by atoms with Crippen LogP contribution >= 0.6 is 0 Å². The largest absolute Gasteiger partial charge is 0.463 e. The summed E-state index contributed by atoms with van der Waals surface area (Å²) >= 11 is 0. The molecule has 206 valence electrons. The van der Waals surface area contributed by atoms with E-state index in [2.05, 4.69) is 5.32 Å². The van der Waals surface area contributed by atoms with E-state index in [9.17, 15) is 24.0 Å². The third-order valence-corrected chi connectivity index (χ3v) is 4.98. The van der Waals surface area contributed by atoms with Crippen molar-refractivity contribution < 1.29 is 52.4 Å². The molecule has 36 heavy (non-hydrogen) atoms. The number of hydrogen-bond donors (Lipinski definition) is 2. The first-order chi connectivity index (χ1) is 17.0. The fourth-order valence-electron chi connectivity index (χ4n) is 3.52. The van der Waals surface area contributed by atoms with Gasteiger partial charge in [0.2, 0.25) is 5.91 Å². The van der Waals surface area contributed by atoms with Gasteiger partial charge in [-0.15, -0.1) is 0 Å². The maximum atomic E-state index is 11.9. The maximum Gasteiger partial charge on any atom is 0.303 e. The molecule has 0 aromatic carbocycles. The van der Waals surface area contributed by atoms with Crippen molar-refractivity contribution in [2.24, 2.45) is 5.73 Å². The van der Waals surface area contributed by atoms with Gasteiger partial charge in [-0.05, 0) is 25.8 Å². The molecule has 0 aliphatic carbocycles. The molecule has 1 heterocycles. The first-order valence-corrected chi connectivity index (χ1v) is 11.9. The Kier molecular flexibility index (Phi) is 14.6. The minimum atomic E-state index is -1.29. The van der Waals surface area contributed by atoms with E-state index in [-0.39, 0.29) is 19.1 Å². The third kappa shape index (κ3) is 12.3. The lowest BCUT2D eigenvalue weighted by molar-refractivity contribution is -0.308. The quantitative estimate of drug-likeness (QED) is 0.170. The summed E-state index contributed by atoms with van der Waals surface area (Å²) < 4.78 is 32.6. The standard InChI is InChI=1S/C23H38N2O11/c1-14(26)32-13-18-20(33-15(2)27)21(34-16(3)28)22(35-17(4)29)23(36-18)31-12-8-11-25-19(30)9-6-5-7-10-24/h18,20-23H,5-13,24H2,1-4H3,(H,25,30). The summed E-state index contributed by atoms with van der Waals surface area (Å²) in [5.41, 5.74) is 5.44. The lowest BCUT2D eigenvalue weighted by atomic mass is 9.98. The minimum Gasteiger partial charge on any atom is -0.463 e. The Morgan fingerprint density at radius 3 is 1.97 bits per heavy atom. The number of esters is 4. The highest BCUT2D eigenvalue weighted by Crippen LogP contribution is 2.30. The van der Waals surface area contributed by atoms with Gasteiger partial charge in [0.15, 0.2) is 24.6 Å². The summed E-state index contributed by atoms with van der Waals surface area (Å²) in [5, 5.41) is 2.79. The van der Waals surface area contributed by atoms with E-state index in [0.29, 0.717) is 25.9 Å². The molecule has 0 aromatic heterocycles. The highest BCUT2D eigenvalue weighted by Gasteiger charge is 2.52. The Morgan fingerprint density at radius 2 is 1.39 bits per heavy atom. The molecule has 13 heteroatoms. The van der Waals surface area contributed by atoms with Gasteiger partial charge in [0.25, 0.3) is 0 Å². The number of unbranched alkanes of at least 4 members (excludes halogenated alkanes) is 2. The number of nitrogens with one attached hydrogen (secondary N) is 1. The van der Waals surface area contributed by atoms with Crippen LogP contribution in [0.5, 0.6) is 0 Å². The second-order valence-corrected chi connectivity index (χ2v) is 8.24. The summed E-state index contributed by atoms with van der Waals surface area (Å²) in [4.78, 5) is 58.6. The molecule has 13 nitrogen and oxygen atoms in total. The zero-order chi connectivity index (χ0) is 27.1. The zero-order valence-electron chi connectivity index (χ0n) is 21.3. The van der Waals surface area contributed by atoms with Crippen LogP contribution < -0.4 is 11.1 Å². The molecule has 1 rings (SSSR count). The first kappa shape index (κ1) is 31.3. The van der Waals surface area contributed by atoms with Gasteiger partial charge in [0.05, 0.1) is 6.61 Å². The fraction of sp³-hybridized carbons (Fsp3) is 0.783. The molecule has 0 radical (unpaired) electrons. The van der Waals surface area contributed by atoms with Crippen molar-refractivity contribution in [3.63, 3.8) is 0 Å².